The first-order valence-electron chi connectivity index (χ1n) is 8.41. The van der Waals surface area contributed by atoms with Gasteiger partial charge in [0, 0.05) is 34.9 Å². The maximum absolute atomic E-state index is 3.56. The maximum atomic E-state index is 3.56. The predicted octanol–water partition coefficient (Wildman–Crippen LogP) is 5.37. The van der Waals surface area contributed by atoms with Crippen LogP contribution in [0.3, 0.4) is 0 Å². The van der Waals surface area contributed by atoms with Crippen LogP contribution in [0.2, 0.25) is 0 Å². The largest absolute Gasteiger partial charge is 0.341 e. The SMILES string of the molecule is CCn1c2ccccc2c2cc(CNCCC(C)C)ccc21.Cl. The van der Waals surface area contributed by atoms with Gasteiger partial charge >= 0.3 is 0 Å². The molecule has 0 aliphatic carbocycles. The Labute approximate surface area is 145 Å². The van der Waals surface area contributed by atoms with E-state index in [4.69, 9.17) is 0 Å². The summed E-state index contributed by atoms with van der Waals surface area (Å²) in [5, 5.41) is 6.30. The van der Waals surface area contributed by atoms with Crippen molar-refractivity contribution in [2.45, 2.75) is 40.3 Å². The Kier molecular flexibility index (Phi) is 6.09. The molecule has 0 aliphatic heterocycles. The second-order valence-corrected chi connectivity index (χ2v) is 6.47. The fourth-order valence-corrected chi connectivity index (χ4v) is 3.17. The van der Waals surface area contributed by atoms with E-state index in [1.807, 2.05) is 0 Å². The van der Waals surface area contributed by atoms with Crippen molar-refractivity contribution >= 4 is 34.2 Å². The zero-order valence-corrected chi connectivity index (χ0v) is 15.1. The summed E-state index contributed by atoms with van der Waals surface area (Å²) in [6, 6.07) is 15.6. The second-order valence-electron chi connectivity index (χ2n) is 6.47. The van der Waals surface area contributed by atoms with Crippen molar-refractivity contribution in [3.05, 3.63) is 48.0 Å². The Morgan fingerprint density at radius 1 is 1.00 bits per heavy atom. The minimum absolute atomic E-state index is 0. The first-order chi connectivity index (χ1) is 10.7. The smallest absolute Gasteiger partial charge is 0.0491 e. The molecule has 3 rings (SSSR count). The Hall–Kier alpha value is -1.51. The van der Waals surface area contributed by atoms with Gasteiger partial charge in [-0.25, -0.2) is 0 Å². The van der Waals surface area contributed by atoms with Gasteiger partial charge in [-0.1, -0.05) is 38.1 Å². The van der Waals surface area contributed by atoms with Gasteiger partial charge in [0.2, 0.25) is 0 Å². The third kappa shape index (κ3) is 3.70. The van der Waals surface area contributed by atoms with Crippen LogP contribution in [-0.2, 0) is 13.1 Å². The molecule has 0 bridgehead atoms. The Morgan fingerprint density at radius 2 is 1.74 bits per heavy atom. The van der Waals surface area contributed by atoms with Gasteiger partial charge in [-0.3, -0.25) is 0 Å². The molecule has 0 spiro atoms. The molecule has 1 N–H and O–H groups in total. The Bertz CT molecular complexity index is 774. The summed E-state index contributed by atoms with van der Waals surface area (Å²) in [5.41, 5.74) is 4.05. The summed E-state index contributed by atoms with van der Waals surface area (Å²) in [6.07, 6.45) is 1.23. The molecule has 2 nitrogen and oxygen atoms in total. The number of halogens is 1. The number of aromatic nitrogens is 1. The van der Waals surface area contributed by atoms with E-state index < -0.39 is 0 Å². The number of aryl methyl sites for hydroxylation is 1. The molecular formula is C20H27ClN2. The lowest BCUT2D eigenvalue weighted by molar-refractivity contribution is 0.537. The highest BCUT2D eigenvalue weighted by Crippen LogP contribution is 2.29. The summed E-state index contributed by atoms with van der Waals surface area (Å²) < 4.78 is 2.40. The number of nitrogens with one attached hydrogen (secondary N) is 1. The van der Waals surface area contributed by atoms with E-state index in [9.17, 15) is 0 Å². The number of benzene rings is 2. The van der Waals surface area contributed by atoms with Crippen LogP contribution in [0.5, 0.6) is 0 Å². The van der Waals surface area contributed by atoms with Gasteiger partial charge in [0.25, 0.3) is 0 Å². The van der Waals surface area contributed by atoms with Gasteiger partial charge < -0.3 is 9.88 Å². The van der Waals surface area contributed by atoms with Gasteiger partial charge in [0.1, 0.15) is 0 Å². The predicted molar refractivity (Wildman–Crippen MR) is 104 cm³/mol. The number of para-hydroxylation sites is 1. The van der Waals surface area contributed by atoms with E-state index >= 15 is 0 Å². The van der Waals surface area contributed by atoms with Gasteiger partial charge in [-0.2, -0.15) is 0 Å². The molecule has 0 radical (unpaired) electrons. The molecule has 0 fully saturated rings. The van der Waals surface area contributed by atoms with E-state index in [0.29, 0.717) is 0 Å². The number of fused-ring (bicyclic) bond motifs is 3. The van der Waals surface area contributed by atoms with Crippen LogP contribution in [0.15, 0.2) is 42.5 Å². The fraction of sp³-hybridized carbons (Fsp3) is 0.400. The van der Waals surface area contributed by atoms with Crippen LogP contribution in [0, 0.1) is 5.92 Å². The fourth-order valence-electron chi connectivity index (χ4n) is 3.17. The Balaban J connectivity index is 0.00000192. The number of hydrogen-bond acceptors (Lipinski definition) is 1. The number of rotatable bonds is 6. The number of nitrogens with zero attached hydrogens (tertiary/aromatic N) is 1. The second kappa shape index (κ2) is 7.85. The van der Waals surface area contributed by atoms with Crippen LogP contribution in [-0.4, -0.2) is 11.1 Å². The molecule has 0 unspecified atom stereocenters. The third-order valence-electron chi connectivity index (χ3n) is 4.38. The van der Waals surface area contributed by atoms with Crippen LogP contribution in [0.25, 0.3) is 21.8 Å². The molecule has 0 aliphatic rings. The molecule has 0 saturated carbocycles. The molecule has 2 aromatic carbocycles. The molecule has 1 aromatic heterocycles. The number of hydrogen-bond donors (Lipinski definition) is 1. The molecule has 1 heterocycles. The van der Waals surface area contributed by atoms with Crippen molar-refractivity contribution in [1.29, 1.82) is 0 Å². The summed E-state index contributed by atoms with van der Waals surface area (Å²) in [7, 11) is 0. The van der Waals surface area contributed by atoms with Gasteiger partial charge in [-0.15, -0.1) is 12.4 Å². The highest BCUT2D eigenvalue weighted by atomic mass is 35.5. The van der Waals surface area contributed by atoms with Crippen molar-refractivity contribution < 1.29 is 0 Å². The molecule has 23 heavy (non-hydrogen) atoms. The van der Waals surface area contributed by atoms with E-state index in [0.717, 1.165) is 25.6 Å². The normalized spacial score (nSPS) is 11.3. The summed E-state index contributed by atoms with van der Waals surface area (Å²) in [6.45, 7) is 9.81. The monoisotopic (exact) mass is 330 g/mol. The molecule has 0 amide bonds. The van der Waals surface area contributed by atoms with Crippen molar-refractivity contribution in [2.24, 2.45) is 5.92 Å². The first kappa shape index (κ1) is 17.8. The first-order valence-corrected chi connectivity index (χ1v) is 8.41. The highest BCUT2D eigenvalue weighted by Gasteiger charge is 2.09. The van der Waals surface area contributed by atoms with E-state index in [1.54, 1.807) is 0 Å². The van der Waals surface area contributed by atoms with Crippen molar-refractivity contribution in [3.8, 4) is 0 Å². The third-order valence-corrected chi connectivity index (χ3v) is 4.38. The van der Waals surface area contributed by atoms with Crippen LogP contribution in [0.1, 0.15) is 32.8 Å². The van der Waals surface area contributed by atoms with E-state index in [-0.39, 0.29) is 12.4 Å². The standard InChI is InChI=1S/C20H26N2.ClH/c1-4-22-19-8-6-5-7-17(19)18-13-16(9-10-20(18)22)14-21-12-11-15(2)3;/h5-10,13,15,21H,4,11-12,14H2,1-3H3;1H. The average molecular weight is 331 g/mol. The van der Waals surface area contributed by atoms with Crippen LogP contribution >= 0.6 is 12.4 Å². The van der Waals surface area contributed by atoms with Crippen molar-refractivity contribution in [2.75, 3.05) is 6.54 Å². The lowest BCUT2D eigenvalue weighted by Crippen LogP contribution is -2.16. The summed E-state index contributed by atoms with van der Waals surface area (Å²) in [5.74, 6) is 0.762. The van der Waals surface area contributed by atoms with Gasteiger partial charge in [0.15, 0.2) is 0 Å². The van der Waals surface area contributed by atoms with E-state index in [1.165, 1.54) is 33.8 Å². The van der Waals surface area contributed by atoms with Crippen molar-refractivity contribution in [1.82, 2.24) is 9.88 Å². The van der Waals surface area contributed by atoms with Gasteiger partial charge in [0.05, 0.1) is 0 Å². The molecule has 124 valence electrons. The highest BCUT2D eigenvalue weighted by molar-refractivity contribution is 6.08. The molecule has 3 heteroatoms. The zero-order chi connectivity index (χ0) is 15.5. The topological polar surface area (TPSA) is 17.0 Å². The maximum Gasteiger partial charge on any atom is 0.0491 e. The lowest BCUT2D eigenvalue weighted by Gasteiger charge is -2.08. The minimum atomic E-state index is 0. The quantitative estimate of drug-likeness (QED) is 0.601. The zero-order valence-electron chi connectivity index (χ0n) is 14.3. The molecule has 0 saturated heterocycles. The minimum Gasteiger partial charge on any atom is -0.341 e. The summed E-state index contributed by atoms with van der Waals surface area (Å²) in [4.78, 5) is 0. The summed E-state index contributed by atoms with van der Waals surface area (Å²) >= 11 is 0. The van der Waals surface area contributed by atoms with Gasteiger partial charge in [-0.05, 0) is 49.6 Å². The van der Waals surface area contributed by atoms with Crippen molar-refractivity contribution in [3.63, 3.8) is 0 Å². The average Bonchev–Trinajstić information content (AvgIpc) is 2.84. The van der Waals surface area contributed by atoms with Crippen LogP contribution < -0.4 is 5.32 Å². The van der Waals surface area contributed by atoms with Crippen LogP contribution in [0.4, 0.5) is 0 Å². The molecular weight excluding hydrogens is 304 g/mol. The molecule has 0 atom stereocenters. The Morgan fingerprint density at radius 3 is 2.48 bits per heavy atom. The lowest BCUT2D eigenvalue weighted by atomic mass is 10.1. The molecule has 3 aromatic rings. The van der Waals surface area contributed by atoms with E-state index in [2.05, 4.69) is 73.1 Å².